The van der Waals surface area contributed by atoms with E-state index in [1.807, 2.05) is 18.2 Å². The van der Waals surface area contributed by atoms with Crippen LogP contribution in [0.5, 0.6) is 0 Å². The highest BCUT2D eigenvalue weighted by Gasteiger charge is 2.26. The van der Waals surface area contributed by atoms with Crippen LogP contribution in [0, 0.1) is 0 Å². The number of H-pyrrole nitrogens is 1. The highest BCUT2D eigenvalue weighted by molar-refractivity contribution is 5.61. The first-order valence-electron chi connectivity index (χ1n) is 8.88. The van der Waals surface area contributed by atoms with E-state index >= 15 is 0 Å². The molecule has 7 nitrogen and oxygen atoms in total. The maximum Gasteiger partial charge on any atom is 0.347 e. The van der Waals surface area contributed by atoms with Crippen molar-refractivity contribution in [2.75, 3.05) is 44.3 Å². The second-order valence-corrected chi connectivity index (χ2v) is 6.57. The van der Waals surface area contributed by atoms with Crippen molar-refractivity contribution < 1.29 is 4.74 Å². The van der Waals surface area contributed by atoms with E-state index in [1.165, 1.54) is 0 Å². The van der Waals surface area contributed by atoms with E-state index in [9.17, 15) is 4.79 Å². The van der Waals surface area contributed by atoms with E-state index in [0.717, 1.165) is 69.3 Å². The fourth-order valence-corrected chi connectivity index (χ4v) is 3.69. The Kier molecular flexibility index (Phi) is 4.76. The summed E-state index contributed by atoms with van der Waals surface area (Å²) in [6.07, 6.45) is 5.66. The number of piperidine rings is 1. The highest BCUT2D eigenvalue weighted by atomic mass is 16.5. The normalized spacial score (nSPS) is 19.9. The molecule has 0 aliphatic carbocycles. The minimum atomic E-state index is -0.313. The van der Waals surface area contributed by atoms with Crippen LogP contribution in [-0.2, 0) is 4.74 Å². The van der Waals surface area contributed by atoms with Gasteiger partial charge in [0.15, 0.2) is 0 Å². The Morgan fingerprint density at radius 3 is 2.68 bits per heavy atom. The van der Waals surface area contributed by atoms with Gasteiger partial charge < -0.3 is 14.6 Å². The molecule has 4 heterocycles. The third kappa shape index (κ3) is 3.72. The van der Waals surface area contributed by atoms with Gasteiger partial charge in [-0.15, -0.1) is 0 Å². The maximum atomic E-state index is 12.0. The van der Waals surface area contributed by atoms with Crippen LogP contribution in [0.4, 0.5) is 5.82 Å². The number of hydrogen-bond acceptors (Lipinski definition) is 6. The maximum absolute atomic E-state index is 12.0. The highest BCUT2D eigenvalue weighted by Crippen LogP contribution is 2.23. The van der Waals surface area contributed by atoms with Crippen molar-refractivity contribution in [3.63, 3.8) is 0 Å². The van der Waals surface area contributed by atoms with Gasteiger partial charge in [0.2, 0.25) is 0 Å². The molecule has 0 atom stereocenters. The molecule has 0 amide bonds. The number of nitrogens with zero attached hydrogens (tertiary/aromatic N) is 4. The average Bonchev–Trinajstić information content (AvgIpc) is 2.69. The molecule has 0 radical (unpaired) electrons. The summed E-state index contributed by atoms with van der Waals surface area (Å²) in [5.41, 5.74) is 1.34. The average molecular weight is 341 g/mol. The zero-order chi connectivity index (χ0) is 17.1. The van der Waals surface area contributed by atoms with E-state index in [2.05, 4.69) is 24.8 Å². The predicted molar refractivity (Wildman–Crippen MR) is 95.7 cm³/mol. The van der Waals surface area contributed by atoms with Gasteiger partial charge in [-0.25, -0.2) is 4.79 Å². The van der Waals surface area contributed by atoms with Crippen molar-refractivity contribution in [2.45, 2.75) is 18.9 Å². The summed E-state index contributed by atoms with van der Waals surface area (Å²) in [5.74, 6) is 0.753. The van der Waals surface area contributed by atoms with Crippen molar-refractivity contribution in [1.29, 1.82) is 0 Å². The second kappa shape index (κ2) is 7.33. The SMILES string of the molecule is O=c1nc(N2CCC(N3CCOCC3)CC2)cc(-c2cccnc2)[nH]1. The van der Waals surface area contributed by atoms with Gasteiger partial charge in [0, 0.05) is 56.2 Å². The molecule has 2 aromatic heterocycles. The smallest absolute Gasteiger partial charge is 0.347 e. The van der Waals surface area contributed by atoms with Crippen LogP contribution in [0.2, 0.25) is 0 Å². The lowest BCUT2D eigenvalue weighted by Gasteiger charge is -2.40. The molecule has 0 aromatic carbocycles. The molecule has 7 heteroatoms. The number of anilines is 1. The number of hydrogen-bond donors (Lipinski definition) is 1. The van der Waals surface area contributed by atoms with E-state index < -0.39 is 0 Å². The summed E-state index contributed by atoms with van der Waals surface area (Å²) >= 11 is 0. The molecule has 2 saturated heterocycles. The molecule has 2 fully saturated rings. The summed E-state index contributed by atoms with van der Waals surface area (Å²) in [6.45, 7) is 5.57. The minimum Gasteiger partial charge on any atom is -0.379 e. The van der Waals surface area contributed by atoms with E-state index in [0.29, 0.717) is 6.04 Å². The zero-order valence-corrected chi connectivity index (χ0v) is 14.2. The number of aromatic amines is 1. The molecular weight excluding hydrogens is 318 g/mol. The predicted octanol–water partition coefficient (Wildman–Crippen LogP) is 1.13. The lowest BCUT2D eigenvalue weighted by atomic mass is 10.0. The van der Waals surface area contributed by atoms with Crippen molar-refractivity contribution in [2.24, 2.45) is 0 Å². The summed E-state index contributed by atoms with van der Waals surface area (Å²) in [6, 6.07) is 6.36. The Morgan fingerprint density at radius 2 is 1.96 bits per heavy atom. The number of nitrogens with one attached hydrogen (secondary N) is 1. The molecule has 1 N–H and O–H groups in total. The quantitative estimate of drug-likeness (QED) is 0.902. The molecular formula is C18H23N5O2. The van der Waals surface area contributed by atoms with Crippen LogP contribution in [0.1, 0.15) is 12.8 Å². The van der Waals surface area contributed by atoms with Crippen LogP contribution >= 0.6 is 0 Å². The van der Waals surface area contributed by atoms with Crippen LogP contribution in [0.15, 0.2) is 35.4 Å². The van der Waals surface area contributed by atoms with E-state index in [4.69, 9.17) is 4.74 Å². The number of rotatable bonds is 3. The Hall–Kier alpha value is -2.25. The molecule has 2 aromatic rings. The Morgan fingerprint density at radius 1 is 1.16 bits per heavy atom. The van der Waals surface area contributed by atoms with Gasteiger partial charge in [-0.1, -0.05) is 0 Å². The largest absolute Gasteiger partial charge is 0.379 e. The lowest BCUT2D eigenvalue weighted by molar-refractivity contribution is 0.0115. The lowest BCUT2D eigenvalue weighted by Crippen LogP contribution is -2.49. The molecule has 2 aliphatic rings. The van der Waals surface area contributed by atoms with Crippen molar-refractivity contribution in [3.05, 3.63) is 41.1 Å². The molecule has 0 saturated carbocycles. The molecule has 0 unspecified atom stereocenters. The summed E-state index contributed by atoms with van der Waals surface area (Å²) < 4.78 is 5.44. The first-order valence-corrected chi connectivity index (χ1v) is 8.88. The standard InChI is InChI=1S/C18H23N5O2/c24-18-20-16(14-2-1-5-19-13-14)12-17(21-18)23-6-3-15(4-7-23)22-8-10-25-11-9-22/h1-2,5,12-13,15H,3-4,6-11H2,(H,20,21,24). The van der Waals surface area contributed by atoms with E-state index in [1.54, 1.807) is 12.4 Å². The summed E-state index contributed by atoms with van der Waals surface area (Å²) in [5, 5.41) is 0. The first-order chi connectivity index (χ1) is 12.3. The number of morpholine rings is 1. The Labute approximate surface area is 146 Å². The van der Waals surface area contributed by atoms with Gasteiger partial charge in [-0.3, -0.25) is 9.88 Å². The number of pyridine rings is 1. The third-order valence-electron chi connectivity index (χ3n) is 5.05. The van der Waals surface area contributed by atoms with Crippen LogP contribution in [0.3, 0.4) is 0 Å². The number of aromatic nitrogens is 3. The fraction of sp³-hybridized carbons (Fsp3) is 0.500. The van der Waals surface area contributed by atoms with Crippen LogP contribution in [-0.4, -0.2) is 65.3 Å². The van der Waals surface area contributed by atoms with Crippen LogP contribution < -0.4 is 10.6 Å². The molecule has 132 valence electrons. The zero-order valence-electron chi connectivity index (χ0n) is 14.2. The molecule has 2 aliphatic heterocycles. The van der Waals surface area contributed by atoms with Gasteiger partial charge in [0.25, 0.3) is 0 Å². The molecule has 0 bridgehead atoms. The molecule has 25 heavy (non-hydrogen) atoms. The van der Waals surface area contributed by atoms with E-state index in [-0.39, 0.29) is 5.69 Å². The number of ether oxygens (including phenoxy) is 1. The second-order valence-electron chi connectivity index (χ2n) is 6.57. The first kappa shape index (κ1) is 16.2. The molecule has 0 spiro atoms. The summed E-state index contributed by atoms with van der Waals surface area (Å²) in [4.78, 5) is 27.9. The fourth-order valence-electron chi connectivity index (χ4n) is 3.69. The third-order valence-corrected chi connectivity index (χ3v) is 5.05. The van der Waals surface area contributed by atoms with Gasteiger partial charge >= 0.3 is 5.69 Å². The van der Waals surface area contributed by atoms with Gasteiger partial charge in [-0.2, -0.15) is 4.98 Å². The van der Waals surface area contributed by atoms with Gasteiger partial charge in [-0.05, 0) is 25.0 Å². The van der Waals surface area contributed by atoms with Crippen molar-refractivity contribution >= 4 is 5.82 Å². The molecule has 4 rings (SSSR count). The van der Waals surface area contributed by atoms with Crippen LogP contribution in [0.25, 0.3) is 11.3 Å². The monoisotopic (exact) mass is 341 g/mol. The van der Waals surface area contributed by atoms with Gasteiger partial charge in [0.1, 0.15) is 5.82 Å². The minimum absolute atomic E-state index is 0.313. The van der Waals surface area contributed by atoms with Crippen molar-refractivity contribution in [1.82, 2.24) is 19.9 Å². The Bertz CT molecular complexity index is 750. The summed E-state index contributed by atoms with van der Waals surface area (Å²) in [7, 11) is 0. The topological polar surface area (TPSA) is 74.3 Å². The Balaban J connectivity index is 1.47. The van der Waals surface area contributed by atoms with Crippen molar-refractivity contribution in [3.8, 4) is 11.3 Å². The van der Waals surface area contributed by atoms with Gasteiger partial charge in [0.05, 0.1) is 18.9 Å².